The smallest absolute Gasteiger partial charge is 0.131 e. The van der Waals surface area contributed by atoms with E-state index in [-0.39, 0.29) is 12.2 Å². The average molecular weight is 158 g/mol. The molecule has 0 saturated carbocycles. The molecule has 0 saturated heterocycles. The van der Waals surface area contributed by atoms with Crippen LogP contribution in [0.4, 0.5) is 8.78 Å². The van der Waals surface area contributed by atoms with Crippen molar-refractivity contribution in [1.82, 2.24) is 0 Å². The second-order valence-corrected chi connectivity index (χ2v) is 2.13. The minimum atomic E-state index is -0.563. The van der Waals surface area contributed by atoms with Gasteiger partial charge in [-0.15, -0.1) is 0 Å². The molecule has 0 atom stereocenters. The van der Waals surface area contributed by atoms with Gasteiger partial charge >= 0.3 is 0 Å². The maximum absolute atomic E-state index is 12.7. The number of ether oxygens (including phenoxy) is 1. The summed E-state index contributed by atoms with van der Waals surface area (Å²) in [5, 5.41) is 0. The van der Waals surface area contributed by atoms with Crippen LogP contribution >= 0.6 is 0 Å². The third-order valence-electron chi connectivity index (χ3n) is 1.35. The van der Waals surface area contributed by atoms with E-state index in [9.17, 15) is 8.78 Å². The van der Waals surface area contributed by atoms with Crippen LogP contribution in [0.3, 0.4) is 0 Å². The summed E-state index contributed by atoms with van der Waals surface area (Å²) in [6, 6.07) is 3.73. The van der Waals surface area contributed by atoms with E-state index in [1.165, 1.54) is 25.3 Å². The Hall–Kier alpha value is -0.960. The summed E-state index contributed by atoms with van der Waals surface area (Å²) < 4.78 is 30.0. The lowest BCUT2D eigenvalue weighted by molar-refractivity contribution is 0.177. The molecule has 0 unspecified atom stereocenters. The highest BCUT2D eigenvalue weighted by Crippen LogP contribution is 2.12. The van der Waals surface area contributed by atoms with Gasteiger partial charge in [-0.1, -0.05) is 6.07 Å². The monoisotopic (exact) mass is 158 g/mol. The number of hydrogen-bond acceptors (Lipinski definition) is 1. The summed E-state index contributed by atoms with van der Waals surface area (Å²) in [7, 11) is 1.39. The molecule has 60 valence electrons. The van der Waals surface area contributed by atoms with Crippen LogP contribution in [0.1, 0.15) is 5.56 Å². The molecule has 0 aromatic heterocycles. The zero-order valence-electron chi connectivity index (χ0n) is 6.10. The molecule has 1 aromatic rings. The molecule has 0 heterocycles. The van der Waals surface area contributed by atoms with Gasteiger partial charge in [-0.3, -0.25) is 0 Å². The topological polar surface area (TPSA) is 9.23 Å². The fraction of sp³-hybridized carbons (Fsp3) is 0.250. The molecule has 0 fully saturated rings. The van der Waals surface area contributed by atoms with Crippen LogP contribution in [-0.4, -0.2) is 7.11 Å². The third-order valence-corrected chi connectivity index (χ3v) is 1.35. The zero-order valence-corrected chi connectivity index (χ0v) is 6.10. The fourth-order valence-electron chi connectivity index (χ4n) is 0.815. The van der Waals surface area contributed by atoms with Crippen molar-refractivity contribution in [3.8, 4) is 0 Å². The van der Waals surface area contributed by atoms with Crippen LogP contribution in [-0.2, 0) is 11.3 Å². The van der Waals surface area contributed by atoms with Crippen LogP contribution in [0.15, 0.2) is 18.2 Å². The molecule has 1 rings (SSSR count). The predicted molar refractivity (Wildman–Crippen MR) is 37.1 cm³/mol. The van der Waals surface area contributed by atoms with Crippen molar-refractivity contribution in [1.29, 1.82) is 0 Å². The molecule has 0 aliphatic carbocycles. The number of halogens is 2. The van der Waals surface area contributed by atoms with Crippen molar-refractivity contribution in [3.05, 3.63) is 35.4 Å². The molecule has 0 N–H and O–H groups in total. The van der Waals surface area contributed by atoms with Crippen molar-refractivity contribution < 1.29 is 13.5 Å². The maximum atomic E-state index is 12.7. The minimum absolute atomic E-state index is 0.0185. The summed E-state index contributed by atoms with van der Waals surface area (Å²) in [5.41, 5.74) is -0.0185. The molecular weight excluding hydrogens is 150 g/mol. The maximum Gasteiger partial charge on any atom is 0.131 e. The van der Waals surface area contributed by atoms with Gasteiger partial charge in [0.15, 0.2) is 0 Å². The average Bonchev–Trinajstić information content (AvgIpc) is 1.97. The normalized spacial score (nSPS) is 10.1. The molecule has 11 heavy (non-hydrogen) atoms. The quantitative estimate of drug-likeness (QED) is 0.640. The highest BCUT2D eigenvalue weighted by molar-refractivity contribution is 5.18. The van der Waals surface area contributed by atoms with Crippen molar-refractivity contribution >= 4 is 0 Å². The summed E-state index contributed by atoms with van der Waals surface area (Å²) in [5.74, 6) is -1.13. The Kier molecular flexibility index (Phi) is 2.54. The number of methoxy groups -OCH3 is 1. The van der Waals surface area contributed by atoms with Gasteiger partial charge in [-0.25, -0.2) is 8.78 Å². The molecule has 0 bridgehead atoms. The van der Waals surface area contributed by atoms with Gasteiger partial charge in [-0.2, -0.15) is 0 Å². The van der Waals surface area contributed by atoms with E-state index in [4.69, 9.17) is 0 Å². The number of hydrogen-bond donors (Lipinski definition) is 0. The molecule has 0 aliphatic rings. The Labute approximate surface area is 63.6 Å². The van der Waals surface area contributed by atoms with Crippen LogP contribution in [0.25, 0.3) is 0 Å². The summed E-state index contributed by atoms with van der Waals surface area (Å²) >= 11 is 0. The standard InChI is InChI=1S/C8H8F2O/c1-11-5-6-7(9)3-2-4-8(6)10/h2-4H,5H2,1H3. The third kappa shape index (κ3) is 1.74. The number of benzene rings is 1. The number of rotatable bonds is 2. The molecular formula is C8H8F2O. The van der Waals surface area contributed by atoms with E-state index >= 15 is 0 Å². The van der Waals surface area contributed by atoms with Crippen molar-refractivity contribution in [2.75, 3.05) is 7.11 Å². The van der Waals surface area contributed by atoms with Gasteiger partial charge < -0.3 is 4.74 Å². The molecule has 1 nitrogen and oxygen atoms in total. The van der Waals surface area contributed by atoms with Gasteiger partial charge in [0.2, 0.25) is 0 Å². The molecule has 1 aromatic carbocycles. The fourth-order valence-corrected chi connectivity index (χ4v) is 0.815. The molecule has 3 heteroatoms. The zero-order chi connectivity index (χ0) is 8.27. The summed E-state index contributed by atoms with van der Waals surface area (Å²) in [6.45, 7) is -0.0293. The molecule has 0 amide bonds. The Balaban J connectivity index is 3.00. The lowest BCUT2D eigenvalue weighted by Gasteiger charge is -2.01. The first-order valence-corrected chi connectivity index (χ1v) is 3.17. The Bertz CT molecular complexity index is 228. The molecule has 0 aliphatic heterocycles. The Morgan fingerprint density at radius 3 is 2.27 bits per heavy atom. The van der Waals surface area contributed by atoms with E-state index in [1.807, 2.05) is 0 Å². The van der Waals surface area contributed by atoms with E-state index in [2.05, 4.69) is 4.74 Å². The molecule has 0 radical (unpaired) electrons. The Morgan fingerprint density at radius 2 is 1.82 bits per heavy atom. The van der Waals surface area contributed by atoms with Gasteiger partial charge in [-0.05, 0) is 12.1 Å². The van der Waals surface area contributed by atoms with Crippen LogP contribution in [0, 0.1) is 11.6 Å². The summed E-state index contributed by atoms with van der Waals surface area (Å²) in [4.78, 5) is 0. The van der Waals surface area contributed by atoms with Gasteiger partial charge in [0.25, 0.3) is 0 Å². The SMILES string of the molecule is COCc1c(F)cccc1F. The largest absolute Gasteiger partial charge is 0.380 e. The Morgan fingerprint density at radius 1 is 1.27 bits per heavy atom. The highest BCUT2D eigenvalue weighted by Gasteiger charge is 2.06. The van der Waals surface area contributed by atoms with Gasteiger partial charge in [0, 0.05) is 12.7 Å². The van der Waals surface area contributed by atoms with E-state index < -0.39 is 11.6 Å². The van der Waals surface area contributed by atoms with Crippen molar-refractivity contribution in [2.24, 2.45) is 0 Å². The lowest BCUT2D eigenvalue weighted by Crippen LogP contribution is -1.96. The predicted octanol–water partition coefficient (Wildman–Crippen LogP) is 2.11. The van der Waals surface area contributed by atoms with Gasteiger partial charge in [0.1, 0.15) is 11.6 Å². The van der Waals surface area contributed by atoms with Gasteiger partial charge in [0.05, 0.1) is 6.61 Å². The van der Waals surface area contributed by atoms with Crippen molar-refractivity contribution in [2.45, 2.75) is 6.61 Å². The van der Waals surface area contributed by atoms with E-state index in [0.29, 0.717) is 0 Å². The first kappa shape index (κ1) is 8.14. The minimum Gasteiger partial charge on any atom is -0.380 e. The lowest BCUT2D eigenvalue weighted by atomic mass is 10.2. The first-order valence-electron chi connectivity index (χ1n) is 3.17. The highest BCUT2D eigenvalue weighted by atomic mass is 19.1. The summed E-state index contributed by atoms with van der Waals surface area (Å²) in [6.07, 6.45) is 0. The first-order chi connectivity index (χ1) is 5.25. The van der Waals surface area contributed by atoms with E-state index in [1.54, 1.807) is 0 Å². The van der Waals surface area contributed by atoms with E-state index in [0.717, 1.165) is 0 Å². The van der Waals surface area contributed by atoms with Crippen LogP contribution in [0.2, 0.25) is 0 Å². The van der Waals surface area contributed by atoms with Crippen molar-refractivity contribution in [3.63, 3.8) is 0 Å². The molecule has 0 spiro atoms. The van der Waals surface area contributed by atoms with Crippen LogP contribution in [0.5, 0.6) is 0 Å². The van der Waals surface area contributed by atoms with Crippen LogP contribution < -0.4 is 0 Å². The second kappa shape index (κ2) is 3.44. The second-order valence-electron chi connectivity index (χ2n) is 2.13.